The van der Waals surface area contributed by atoms with Crippen LogP contribution in [0.3, 0.4) is 0 Å². The number of carbonyl (C=O) groups is 1. The number of piperazine rings is 1. The van der Waals surface area contributed by atoms with E-state index in [1.165, 1.54) is 35.4 Å². The number of carbonyl (C=O) groups excluding carboxylic acids is 1. The molecule has 2 aliphatic rings. The van der Waals surface area contributed by atoms with Crippen molar-refractivity contribution in [2.75, 3.05) is 31.1 Å². The number of rotatable bonds is 2. The SMILES string of the molecule is O=C(c1ccc(Cl)s1)N1CCN(c2nccn3nc4c(c23)CCCC4)CC1. The van der Waals surface area contributed by atoms with Gasteiger partial charge in [-0.25, -0.2) is 9.50 Å². The summed E-state index contributed by atoms with van der Waals surface area (Å²) in [5, 5.41) is 4.77. The Labute approximate surface area is 166 Å². The minimum atomic E-state index is 0.0689. The van der Waals surface area contributed by atoms with Gasteiger partial charge in [-0.3, -0.25) is 4.79 Å². The maximum absolute atomic E-state index is 12.6. The van der Waals surface area contributed by atoms with Gasteiger partial charge >= 0.3 is 0 Å². The van der Waals surface area contributed by atoms with Gasteiger partial charge in [-0.15, -0.1) is 11.3 Å². The lowest BCUT2D eigenvalue weighted by Crippen LogP contribution is -2.49. The molecule has 5 rings (SSSR count). The highest BCUT2D eigenvalue weighted by molar-refractivity contribution is 7.17. The summed E-state index contributed by atoms with van der Waals surface area (Å²) in [5.41, 5.74) is 3.73. The topological polar surface area (TPSA) is 53.7 Å². The Morgan fingerprint density at radius 3 is 2.70 bits per heavy atom. The molecule has 8 heteroatoms. The fraction of sp³-hybridized carbons (Fsp3) is 0.421. The average molecular weight is 402 g/mol. The van der Waals surface area contributed by atoms with Crippen LogP contribution < -0.4 is 4.90 Å². The molecule has 4 heterocycles. The second-order valence-corrected chi connectivity index (χ2v) is 8.77. The third-order valence-corrected chi connectivity index (χ3v) is 6.67. The summed E-state index contributed by atoms with van der Waals surface area (Å²) in [6.07, 6.45) is 8.34. The monoisotopic (exact) mass is 401 g/mol. The molecule has 1 aliphatic heterocycles. The first kappa shape index (κ1) is 17.0. The van der Waals surface area contributed by atoms with Crippen LogP contribution in [0.25, 0.3) is 5.52 Å². The highest BCUT2D eigenvalue weighted by atomic mass is 35.5. The summed E-state index contributed by atoms with van der Waals surface area (Å²) in [6.45, 7) is 2.93. The molecular weight excluding hydrogens is 382 g/mol. The third-order valence-electron chi connectivity index (χ3n) is 5.45. The molecule has 3 aromatic heterocycles. The van der Waals surface area contributed by atoms with Crippen LogP contribution in [0, 0.1) is 0 Å². The largest absolute Gasteiger partial charge is 0.351 e. The van der Waals surface area contributed by atoms with E-state index in [4.69, 9.17) is 16.7 Å². The Hall–Kier alpha value is -2.12. The lowest BCUT2D eigenvalue weighted by Gasteiger charge is -2.35. The number of thiophene rings is 1. The van der Waals surface area contributed by atoms with Gasteiger partial charge < -0.3 is 9.80 Å². The molecule has 1 fully saturated rings. The van der Waals surface area contributed by atoms with E-state index < -0.39 is 0 Å². The van der Waals surface area contributed by atoms with Crippen LogP contribution in [0.5, 0.6) is 0 Å². The predicted molar refractivity (Wildman–Crippen MR) is 107 cm³/mol. The van der Waals surface area contributed by atoms with E-state index >= 15 is 0 Å². The molecule has 0 N–H and O–H groups in total. The molecule has 1 saturated heterocycles. The molecular formula is C19H20ClN5OS. The van der Waals surface area contributed by atoms with E-state index in [9.17, 15) is 4.79 Å². The van der Waals surface area contributed by atoms with Crippen molar-refractivity contribution < 1.29 is 4.79 Å². The first-order chi connectivity index (χ1) is 13.2. The third kappa shape index (κ3) is 2.99. The van der Waals surface area contributed by atoms with Gasteiger partial charge in [0.05, 0.1) is 14.9 Å². The molecule has 1 aliphatic carbocycles. The van der Waals surface area contributed by atoms with E-state index in [0.717, 1.165) is 37.3 Å². The Balaban J connectivity index is 1.38. The minimum Gasteiger partial charge on any atom is -0.351 e. The molecule has 1 amide bonds. The molecule has 0 radical (unpaired) electrons. The predicted octanol–water partition coefficient (Wildman–Crippen LogP) is 3.29. The molecule has 0 saturated carbocycles. The number of nitrogens with zero attached hydrogens (tertiary/aromatic N) is 5. The fourth-order valence-electron chi connectivity index (χ4n) is 4.08. The summed E-state index contributed by atoms with van der Waals surface area (Å²) < 4.78 is 2.64. The molecule has 3 aromatic rings. The Kier molecular flexibility index (Phi) is 4.28. The maximum atomic E-state index is 12.6. The van der Waals surface area contributed by atoms with Gasteiger partial charge in [0.1, 0.15) is 5.52 Å². The number of halogens is 1. The molecule has 0 bridgehead atoms. The number of anilines is 1. The van der Waals surface area contributed by atoms with E-state index in [1.54, 1.807) is 6.07 Å². The van der Waals surface area contributed by atoms with Gasteiger partial charge in [0.25, 0.3) is 5.91 Å². The van der Waals surface area contributed by atoms with E-state index in [2.05, 4.69) is 9.88 Å². The summed E-state index contributed by atoms with van der Waals surface area (Å²) in [5.74, 6) is 1.07. The van der Waals surface area contributed by atoms with Crippen molar-refractivity contribution in [3.8, 4) is 0 Å². The summed E-state index contributed by atoms with van der Waals surface area (Å²) in [7, 11) is 0. The highest BCUT2D eigenvalue weighted by Crippen LogP contribution is 2.31. The van der Waals surface area contributed by atoms with Crippen molar-refractivity contribution in [1.82, 2.24) is 19.5 Å². The lowest BCUT2D eigenvalue weighted by molar-refractivity contribution is 0.0751. The zero-order valence-corrected chi connectivity index (χ0v) is 16.5. The summed E-state index contributed by atoms with van der Waals surface area (Å²) >= 11 is 7.31. The quantitative estimate of drug-likeness (QED) is 0.661. The van der Waals surface area contributed by atoms with Gasteiger partial charge in [0.2, 0.25) is 0 Å². The van der Waals surface area contributed by atoms with Crippen molar-refractivity contribution in [3.05, 3.63) is 45.0 Å². The van der Waals surface area contributed by atoms with Crippen LogP contribution in [0.2, 0.25) is 4.34 Å². The Morgan fingerprint density at radius 1 is 1.11 bits per heavy atom. The molecule has 0 unspecified atom stereocenters. The minimum absolute atomic E-state index is 0.0689. The fourth-order valence-corrected chi connectivity index (χ4v) is 5.10. The summed E-state index contributed by atoms with van der Waals surface area (Å²) in [6, 6.07) is 3.59. The average Bonchev–Trinajstić information content (AvgIpc) is 3.31. The normalized spacial score (nSPS) is 17.4. The van der Waals surface area contributed by atoms with E-state index in [0.29, 0.717) is 22.3 Å². The zero-order chi connectivity index (χ0) is 18.4. The molecule has 0 aromatic carbocycles. The molecule has 6 nitrogen and oxygen atoms in total. The van der Waals surface area contributed by atoms with Gasteiger partial charge in [-0.2, -0.15) is 5.10 Å². The number of hydrogen-bond donors (Lipinski definition) is 0. The smallest absolute Gasteiger partial charge is 0.264 e. The van der Waals surface area contributed by atoms with Crippen LogP contribution >= 0.6 is 22.9 Å². The second-order valence-electron chi connectivity index (χ2n) is 7.06. The standard InChI is InChI=1S/C19H20ClN5OS/c20-16-6-5-15(27-16)19(26)24-11-9-23(10-12-24)18-17-13-3-1-2-4-14(13)22-25(17)8-7-21-18/h5-8H,1-4,9-12H2. The van der Waals surface area contributed by atoms with Crippen molar-refractivity contribution in [2.24, 2.45) is 0 Å². The number of aryl methyl sites for hydroxylation is 2. The number of hydrogen-bond acceptors (Lipinski definition) is 5. The Morgan fingerprint density at radius 2 is 1.93 bits per heavy atom. The molecule has 0 spiro atoms. The number of amides is 1. The van der Waals surface area contributed by atoms with Gasteiger partial charge in [-0.1, -0.05) is 11.6 Å². The van der Waals surface area contributed by atoms with Crippen LogP contribution in [0.1, 0.15) is 33.8 Å². The van der Waals surface area contributed by atoms with Crippen molar-refractivity contribution in [1.29, 1.82) is 0 Å². The van der Waals surface area contributed by atoms with Gasteiger partial charge in [0.15, 0.2) is 5.82 Å². The van der Waals surface area contributed by atoms with Crippen LogP contribution in [0.15, 0.2) is 24.5 Å². The van der Waals surface area contributed by atoms with Gasteiger partial charge in [0, 0.05) is 44.1 Å². The van der Waals surface area contributed by atoms with Crippen LogP contribution in [-0.2, 0) is 12.8 Å². The van der Waals surface area contributed by atoms with Crippen molar-refractivity contribution in [3.63, 3.8) is 0 Å². The molecule has 0 atom stereocenters. The summed E-state index contributed by atoms with van der Waals surface area (Å²) in [4.78, 5) is 22.2. The van der Waals surface area contributed by atoms with Gasteiger partial charge in [-0.05, 0) is 37.8 Å². The van der Waals surface area contributed by atoms with Crippen molar-refractivity contribution >= 4 is 40.2 Å². The maximum Gasteiger partial charge on any atom is 0.264 e. The number of aromatic nitrogens is 3. The highest BCUT2D eigenvalue weighted by Gasteiger charge is 2.27. The zero-order valence-electron chi connectivity index (χ0n) is 14.9. The Bertz CT molecular complexity index is 1000. The first-order valence-electron chi connectivity index (χ1n) is 9.35. The lowest BCUT2D eigenvalue weighted by atomic mass is 9.97. The molecule has 140 valence electrons. The van der Waals surface area contributed by atoms with Crippen LogP contribution in [-0.4, -0.2) is 51.6 Å². The second kappa shape index (κ2) is 6.80. The first-order valence-corrected chi connectivity index (χ1v) is 10.5. The molecule has 27 heavy (non-hydrogen) atoms. The number of fused-ring (bicyclic) bond motifs is 3. The van der Waals surface area contributed by atoms with E-state index in [-0.39, 0.29) is 5.91 Å². The van der Waals surface area contributed by atoms with E-state index in [1.807, 2.05) is 27.9 Å². The van der Waals surface area contributed by atoms with Crippen molar-refractivity contribution in [2.45, 2.75) is 25.7 Å². The van der Waals surface area contributed by atoms with Crippen LogP contribution in [0.4, 0.5) is 5.82 Å².